The molecule has 3 heteroatoms. The summed E-state index contributed by atoms with van der Waals surface area (Å²) in [6.07, 6.45) is 2.85. The highest BCUT2D eigenvalue weighted by Gasteiger charge is 2.20. The van der Waals surface area contributed by atoms with Crippen molar-refractivity contribution in [1.82, 2.24) is 10.2 Å². The van der Waals surface area contributed by atoms with Gasteiger partial charge in [0.05, 0.1) is 0 Å². The maximum atomic E-state index is 11.5. The maximum Gasteiger partial charge on any atom is 0.219 e. The van der Waals surface area contributed by atoms with Crippen LogP contribution in [0.4, 0.5) is 0 Å². The molecule has 1 amide bonds. The van der Waals surface area contributed by atoms with Crippen LogP contribution in [0.1, 0.15) is 37.3 Å². The molecule has 1 fully saturated rings. The molecule has 0 aliphatic carbocycles. The fourth-order valence-corrected chi connectivity index (χ4v) is 2.60. The van der Waals surface area contributed by atoms with Crippen LogP contribution in [0.5, 0.6) is 0 Å². The van der Waals surface area contributed by atoms with Gasteiger partial charge < -0.3 is 5.32 Å². The monoisotopic (exact) mass is 260 g/mol. The Labute approximate surface area is 116 Å². The van der Waals surface area contributed by atoms with Crippen LogP contribution in [0.15, 0.2) is 24.3 Å². The van der Waals surface area contributed by atoms with Crippen molar-refractivity contribution in [2.24, 2.45) is 0 Å². The quantitative estimate of drug-likeness (QED) is 0.902. The van der Waals surface area contributed by atoms with Gasteiger partial charge in [-0.25, -0.2) is 0 Å². The minimum Gasteiger partial charge on any atom is -0.352 e. The average Bonchev–Trinajstić information content (AvgIpc) is 2.42. The van der Waals surface area contributed by atoms with Gasteiger partial charge in [-0.15, -0.1) is 0 Å². The third-order valence-electron chi connectivity index (χ3n) is 3.72. The van der Waals surface area contributed by atoms with Gasteiger partial charge in [0.2, 0.25) is 5.91 Å². The fraction of sp³-hybridized carbons (Fsp3) is 0.562. The van der Waals surface area contributed by atoms with Gasteiger partial charge in [-0.2, -0.15) is 0 Å². The van der Waals surface area contributed by atoms with E-state index in [2.05, 4.69) is 41.4 Å². The van der Waals surface area contributed by atoms with E-state index in [1.807, 2.05) is 6.92 Å². The summed E-state index contributed by atoms with van der Waals surface area (Å²) in [5, 5.41) is 3.11. The van der Waals surface area contributed by atoms with Gasteiger partial charge in [0.15, 0.2) is 0 Å². The Morgan fingerprint density at radius 3 is 2.79 bits per heavy atom. The topological polar surface area (TPSA) is 32.3 Å². The molecule has 0 bridgehead atoms. The lowest BCUT2D eigenvalue weighted by Gasteiger charge is -2.33. The first-order valence-electron chi connectivity index (χ1n) is 7.24. The predicted molar refractivity (Wildman–Crippen MR) is 77.9 cm³/mol. The number of amides is 1. The zero-order valence-corrected chi connectivity index (χ0v) is 12.0. The molecule has 1 aliphatic rings. The minimum atomic E-state index is 0.169. The van der Waals surface area contributed by atoms with Crippen molar-refractivity contribution in [1.29, 1.82) is 0 Å². The standard InChI is InChI=1S/C16H24N2O/c1-3-16(19)17-15-5-4-10-18(12-15)11-14-8-6-13(2)7-9-14/h6-9,15H,3-5,10-12H2,1-2H3,(H,17,19). The van der Waals surface area contributed by atoms with Crippen LogP contribution in [-0.2, 0) is 11.3 Å². The largest absolute Gasteiger partial charge is 0.352 e. The lowest BCUT2D eigenvalue weighted by atomic mass is 10.0. The van der Waals surface area contributed by atoms with Gasteiger partial charge in [0.1, 0.15) is 0 Å². The normalized spacial score (nSPS) is 20.2. The molecule has 19 heavy (non-hydrogen) atoms. The molecule has 104 valence electrons. The lowest BCUT2D eigenvalue weighted by molar-refractivity contribution is -0.121. The summed E-state index contributed by atoms with van der Waals surface area (Å²) in [6, 6.07) is 9.05. The third kappa shape index (κ3) is 4.35. The number of carbonyl (C=O) groups excluding carboxylic acids is 1. The van der Waals surface area contributed by atoms with Crippen molar-refractivity contribution in [3.05, 3.63) is 35.4 Å². The Morgan fingerprint density at radius 2 is 2.11 bits per heavy atom. The second-order valence-electron chi connectivity index (χ2n) is 5.48. The highest BCUT2D eigenvalue weighted by molar-refractivity contribution is 5.75. The van der Waals surface area contributed by atoms with Crippen LogP contribution >= 0.6 is 0 Å². The Kier molecular flexibility index (Phi) is 4.97. The van der Waals surface area contributed by atoms with Crippen LogP contribution < -0.4 is 5.32 Å². The summed E-state index contributed by atoms with van der Waals surface area (Å²) in [7, 11) is 0. The molecule has 1 atom stereocenters. The second kappa shape index (κ2) is 6.71. The fourth-order valence-electron chi connectivity index (χ4n) is 2.60. The molecule has 1 N–H and O–H groups in total. The van der Waals surface area contributed by atoms with Crippen molar-refractivity contribution in [2.75, 3.05) is 13.1 Å². The summed E-state index contributed by atoms with van der Waals surface area (Å²) in [5.74, 6) is 0.169. The molecule has 1 saturated heterocycles. The molecule has 3 nitrogen and oxygen atoms in total. The number of rotatable bonds is 4. The van der Waals surface area contributed by atoms with E-state index in [-0.39, 0.29) is 5.91 Å². The number of nitrogens with one attached hydrogen (secondary N) is 1. The third-order valence-corrected chi connectivity index (χ3v) is 3.72. The molecule has 1 aromatic rings. The minimum absolute atomic E-state index is 0.169. The molecule has 0 saturated carbocycles. The molecule has 0 aromatic heterocycles. The molecule has 1 aromatic carbocycles. The zero-order valence-electron chi connectivity index (χ0n) is 12.0. The van der Waals surface area contributed by atoms with Crippen molar-refractivity contribution < 1.29 is 4.79 Å². The highest BCUT2D eigenvalue weighted by atomic mass is 16.1. The van der Waals surface area contributed by atoms with Gasteiger partial charge in [-0.05, 0) is 31.9 Å². The summed E-state index contributed by atoms with van der Waals surface area (Å²) < 4.78 is 0. The van der Waals surface area contributed by atoms with E-state index in [0.29, 0.717) is 12.5 Å². The van der Waals surface area contributed by atoms with Crippen LogP contribution in [-0.4, -0.2) is 29.9 Å². The van der Waals surface area contributed by atoms with Gasteiger partial charge in [0.25, 0.3) is 0 Å². The number of aryl methyl sites for hydroxylation is 1. The van der Waals surface area contributed by atoms with Gasteiger partial charge >= 0.3 is 0 Å². The van der Waals surface area contributed by atoms with E-state index in [4.69, 9.17) is 0 Å². The predicted octanol–water partition coefficient (Wildman–Crippen LogP) is 2.49. The van der Waals surface area contributed by atoms with E-state index < -0.39 is 0 Å². The number of benzene rings is 1. The number of hydrogen-bond acceptors (Lipinski definition) is 2. The van der Waals surface area contributed by atoms with E-state index in [0.717, 1.165) is 26.1 Å². The molecular formula is C16H24N2O. The number of likely N-dealkylation sites (tertiary alicyclic amines) is 1. The molecule has 1 heterocycles. The summed E-state index contributed by atoms with van der Waals surface area (Å²) >= 11 is 0. The van der Waals surface area contributed by atoms with Crippen LogP contribution in [0, 0.1) is 6.92 Å². The van der Waals surface area contributed by atoms with Gasteiger partial charge in [-0.3, -0.25) is 9.69 Å². The lowest BCUT2D eigenvalue weighted by Crippen LogP contribution is -2.47. The Bertz CT molecular complexity index is 413. The first kappa shape index (κ1) is 14.1. The van der Waals surface area contributed by atoms with Crippen LogP contribution in [0.3, 0.4) is 0 Å². The SMILES string of the molecule is CCC(=O)NC1CCCN(Cc2ccc(C)cc2)C1. The first-order valence-corrected chi connectivity index (χ1v) is 7.24. The van der Waals surface area contributed by atoms with Crippen molar-refractivity contribution in [2.45, 2.75) is 45.7 Å². The van der Waals surface area contributed by atoms with Crippen LogP contribution in [0.25, 0.3) is 0 Å². The molecule has 0 radical (unpaired) electrons. The smallest absolute Gasteiger partial charge is 0.219 e. The molecular weight excluding hydrogens is 236 g/mol. The van der Waals surface area contributed by atoms with Gasteiger partial charge in [-0.1, -0.05) is 36.8 Å². The zero-order chi connectivity index (χ0) is 13.7. The molecule has 0 spiro atoms. The van der Waals surface area contributed by atoms with E-state index in [1.54, 1.807) is 0 Å². The van der Waals surface area contributed by atoms with Crippen LogP contribution in [0.2, 0.25) is 0 Å². The number of carbonyl (C=O) groups is 1. The number of hydrogen-bond donors (Lipinski definition) is 1. The van der Waals surface area contributed by atoms with E-state index in [9.17, 15) is 4.79 Å². The van der Waals surface area contributed by atoms with E-state index in [1.165, 1.54) is 17.5 Å². The highest BCUT2D eigenvalue weighted by Crippen LogP contribution is 2.14. The number of piperidine rings is 1. The molecule has 1 aliphatic heterocycles. The average molecular weight is 260 g/mol. The van der Waals surface area contributed by atoms with Crippen molar-refractivity contribution in [3.8, 4) is 0 Å². The Morgan fingerprint density at radius 1 is 1.37 bits per heavy atom. The summed E-state index contributed by atoms with van der Waals surface area (Å²) in [4.78, 5) is 13.9. The van der Waals surface area contributed by atoms with Crippen molar-refractivity contribution in [3.63, 3.8) is 0 Å². The second-order valence-corrected chi connectivity index (χ2v) is 5.48. The first-order chi connectivity index (χ1) is 9.17. The maximum absolute atomic E-state index is 11.5. The molecule has 1 unspecified atom stereocenters. The summed E-state index contributed by atoms with van der Waals surface area (Å²) in [5.41, 5.74) is 2.66. The van der Waals surface area contributed by atoms with Crippen molar-refractivity contribution >= 4 is 5.91 Å². The van der Waals surface area contributed by atoms with Gasteiger partial charge in [0, 0.05) is 25.6 Å². The number of nitrogens with zero attached hydrogens (tertiary/aromatic N) is 1. The summed E-state index contributed by atoms with van der Waals surface area (Å²) in [6.45, 7) is 7.11. The Balaban J connectivity index is 1.87. The Hall–Kier alpha value is -1.35. The molecule has 2 rings (SSSR count). The van der Waals surface area contributed by atoms with E-state index >= 15 is 0 Å².